The van der Waals surface area contributed by atoms with E-state index in [1.54, 1.807) is 6.20 Å². The normalized spacial score (nSPS) is 21.8. The van der Waals surface area contributed by atoms with Crippen molar-refractivity contribution in [1.29, 1.82) is 0 Å². The summed E-state index contributed by atoms with van der Waals surface area (Å²) in [5.41, 5.74) is 8.33. The van der Waals surface area contributed by atoms with Crippen molar-refractivity contribution in [3.8, 4) is 0 Å². The molecule has 0 saturated heterocycles. The first-order chi connectivity index (χ1) is 8.84. The maximum absolute atomic E-state index is 5.82. The molecule has 3 rings (SSSR count). The summed E-state index contributed by atoms with van der Waals surface area (Å²) in [4.78, 5) is 4.09. The molecule has 0 unspecified atom stereocenters. The lowest BCUT2D eigenvalue weighted by atomic mass is 10.1. The van der Waals surface area contributed by atoms with Gasteiger partial charge in [-0.3, -0.25) is 0 Å². The lowest BCUT2D eigenvalue weighted by Gasteiger charge is -2.06. The molecular weight excluding hydrogens is 222 g/mol. The molecule has 3 nitrogen and oxygen atoms in total. The van der Waals surface area contributed by atoms with Crippen LogP contribution in [0.1, 0.15) is 23.5 Å². The minimum Gasteiger partial charge on any atom is -0.383 e. The lowest BCUT2D eigenvalue weighted by Crippen LogP contribution is -2.18. The second-order valence-corrected chi connectivity index (χ2v) is 4.79. The van der Waals surface area contributed by atoms with Crippen LogP contribution in [0.4, 0.5) is 5.82 Å². The lowest BCUT2D eigenvalue weighted by molar-refractivity contribution is 0.672. The van der Waals surface area contributed by atoms with Gasteiger partial charge in [0.05, 0.1) is 0 Å². The van der Waals surface area contributed by atoms with Gasteiger partial charge in [0, 0.05) is 30.3 Å². The first kappa shape index (κ1) is 11.2. The van der Waals surface area contributed by atoms with Gasteiger partial charge in [-0.15, -0.1) is 0 Å². The van der Waals surface area contributed by atoms with Crippen molar-refractivity contribution in [3.63, 3.8) is 0 Å². The van der Waals surface area contributed by atoms with E-state index in [0.717, 1.165) is 12.1 Å². The van der Waals surface area contributed by atoms with Gasteiger partial charge in [0.15, 0.2) is 0 Å². The third-order valence-electron chi connectivity index (χ3n) is 3.50. The van der Waals surface area contributed by atoms with Crippen molar-refractivity contribution in [3.05, 3.63) is 59.8 Å². The summed E-state index contributed by atoms with van der Waals surface area (Å²) in [5, 5.41) is 3.54. The molecule has 1 aliphatic rings. The third-order valence-corrected chi connectivity index (χ3v) is 3.50. The Kier molecular flexibility index (Phi) is 2.99. The number of aromatic nitrogens is 1. The summed E-state index contributed by atoms with van der Waals surface area (Å²) >= 11 is 0. The van der Waals surface area contributed by atoms with E-state index in [0.29, 0.717) is 17.8 Å². The molecule has 92 valence electrons. The van der Waals surface area contributed by atoms with Crippen LogP contribution in [0.25, 0.3) is 0 Å². The second kappa shape index (κ2) is 4.78. The van der Waals surface area contributed by atoms with E-state index in [4.69, 9.17) is 5.73 Å². The second-order valence-electron chi connectivity index (χ2n) is 4.79. The van der Waals surface area contributed by atoms with Crippen molar-refractivity contribution in [2.45, 2.75) is 24.9 Å². The number of pyridine rings is 1. The van der Waals surface area contributed by atoms with Crippen LogP contribution in [0.15, 0.2) is 48.7 Å². The summed E-state index contributed by atoms with van der Waals surface area (Å²) in [6, 6.07) is 15.2. The fraction of sp³-hybridized carbons (Fsp3) is 0.267. The highest BCUT2D eigenvalue weighted by atomic mass is 15.0. The predicted molar refractivity (Wildman–Crippen MR) is 73.1 cm³/mol. The number of benzene rings is 1. The smallest absolute Gasteiger partial charge is 0.127 e. The number of rotatable bonds is 4. The molecule has 1 saturated carbocycles. The monoisotopic (exact) mass is 239 g/mol. The van der Waals surface area contributed by atoms with Crippen molar-refractivity contribution in [1.82, 2.24) is 10.3 Å². The predicted octanol–water partition coefficient (Wildman–Crippen LogP) is 2.31. The quantitative estimate of drug-likeness (QED) is 0.860. The van der Waals surface area contributed by atoms with Crippen LogP contribution in [0.5, 0.6) is 0 Å². The van der Waals surface area contributed by atoms with Gasteiger partial charge in [-0.2, -0.15) is 0 Å². The molecule has 18 heavy (non-hydrogen) atoms. The zero-order valence-electron chi connectivity index (χ0n) is 10.2. The maximum Gasteiger partial charge on any atom is 0.127 e. The molecule has 0 aliphatic heterocycles. The minimum atomic E-state index is 0.576. The molecule has 0 amide bonds. The Labute approximate surface area is 107 Å². The molecule has 3 N–H and O–H groups in total. The number of nitrogen functional groups attached to an aromatic ring is 1. The fourth-order valence-corrected chi connectivity index (χ4v) is 2.33. The van der Waals surface area contributed by atoms with Gasteiger partial charge in [0.1, 0.15) is 5.82 Å². The van der Waals surface area contributed by atoms with Crippen LogP contribution in [0, 0.1) is 0 Å². The average molecular weight is 239 g/mol. The molecule has 1 aliphatic carbocycles. The molecule has 3 heteroatoms. The molecule has 1 aromatic carbocycles. The minimum absolute atomic E-state index is 0.576. The molecular formula is C15H17N3. The molecule has 2 aromatic rings. The molecule has 2 atom stereocenters. The number of hydrogen-bond acceptors (Lipinski definition) is 3. The van der Waals surface area contributed by atoms with E-state index >= 15 is 0 Å². The SMILES string of the molecule is Nc1ncccc1CN[C@@H]1C[C@H]1c1ccccc1. The van der Waals surface area contributed by atoms with Crippen LogP contribution in [0.2, 0.25) is 0 Å². The Bertz CT molecular complexity index is 524. The Balaban J connectivity index is 1.56. The molecule has 0 bridgehead atoms. The maximum atomic E-state index is 5.82. The van der Waals surface area contributed by atoms with Crippen molar-refractivity contribution < 1.29 is 0 Å². The van der Waals surface area contributed by atoms with Crippen LogP contribution >= 0.6 is 0 Å². The molecule has 1 heterocycles. The number of nitrogens with one attached hydrogen (secondary N) is 1. The summed E-state index contributed by atoms with van der Waals surface area (Å²) in [6.07, 6.45) is 2.94. The first-order valence-electron chi connectivity index (χ1n) is 6.32. The zero-order chi connectivity index (χ0) is 12.4. The number of nitrogens with zero attached hydrogens (tertiary/aromatic N) is 1. The van der Waals surface area contributed by atoms with E-state index in [1.807, 2.05) is 12.1 Å². The van der Waals surface area contributed by atoms with Crippen molar-refractivity contribution in [2.24, 2.45) is 0 Å². The number of hydrogen-bond donors (Lipinski definition) is 2. The van der Waals surface area contributed by atoms with Crippen molar-refractivity contribution in [2.75, 3.05) is 5.73 Å². The Morgan fingerprint density at radius 1 is 1.17 bits per heavy atom. The molecule has 0 radical (unpaired) electrons. The van der Waals surface area contributed by atoms with Crippen LogP contribution in [-0.2, 0) is 6.54 Å². The van der Waals surface area contributed by atoms with E-state index in [1.165, 1.54) is 12.0 Å². The number of anilines is 1. The van der Waals surface area contributed by atoms with Gasteiger partial charge in [-0.1, -0.05) is 36.4 Å². The standard InChI is InChI=1S/C15H17N3/c16-15-12(7-4-8-17-15)10-18-14-9-13(14)11-5-2-1-3-6-11/h1-8,13-14,18H,9-10H2,(H2,16,17)/t13-,14+/m0/s1. The van der Waals surface area contributed by atoms with E-state index < -0.39 is 0 Å². The highest BCUT2D eigenvalue weighted by molar-refractivity contribution is 5.38. The van der Waals surface area contributed by atoms with E-state index in [9.17, 15) is 0 Å². The van der Waals surface area contributed by atoms with Gasteiger partial charge < -0.3 is 11.1 Å². The largest absolute Gasteiger partial charge is 0.383 e. The Morgan fingerprint density at radius 2 is 2.00 bits per heavy atom. The van der Waals surface area contributed by atoms with E-state index in [-0.39, 0.29) is 0 Å². The van der Waals surface area contributed by atoms with Gasteiger partial charge in [0.25, 0.3) is 0 Å². The Hall–Kier alpha value is -1.87. The van der Waals surface area contributed by atoms with Gasteiger partial charge in [0.2, 0.25) is 0 Å². The fourth-order valence-electron chi connectivity index (χ4n) is 2.33. The zero-order valence-corrected chi connectivity index (χ0v) is 10.2. The topological polar surface area (TPSA) is 50.9 Å². The highest BCUT2D eigenvalue weighted by Gasteiger charge is 2.37. The van der Waals surface area contributed by atoms with Gasteiger partial charge in [-0.25, -0.2) is 4.98 Å². The van der Waals surface area contributed by atoms with Gasteiger partial charge >= 0.3 is 0 Å². The van der Waals surface area contributed by atoms with Crippen LogP contribution in [0.3, 0.4) is 0 Å². The molecule has 0 spiro atoms. The summed E-state index contributed by atoms with van der Waals surface area (Å²) in [5.74, 6) is 1.28. The molecule has 1 aromatic heterocycles. The van der Waals surface area contributed by atoms with Crippen LogP contribution < -0.4 is 11.1 Å². The Morgan fingerprint density at radius 3 is 2.78 bits per heavy atom. The number of nitrogens with two attached hydrogens (primary N) is 1. The van der Waals surface area contributed by atoms with Gasteiger partial charge in [-0.05, 0) is 18.1 Å². The third kappa shape index (κ3) is 2.36. The summed E-state index contributed by atoms with van der Waals surface area (Å²) in [6.45, 7) is 0.799. The summed E-state index contributed by atoms with van der Waals surface area (Å²) in [7, 11) is 0. The summed E-state index contributed by atoms with van der Waals surface area (Å²) < 4.78 is 0. The van der Waals surface area contributed by atoms with Crippen LogP contribution in [-0.4, -0.2) is 11.0 Å². The van der Waals surface area contributed by atoms with E-state index in [2.05, 4.69) is 40.6 Å². The highest BCUT2D eigenvalue weighted by Crippen LogP contribution is 2.40. The molecule has 1 fully saturated rings. The average Bonchev–Trinajstić information content (AvgIpc) is 3.18. The first-order valence-corrected chi connectivity index (χ1v) is 6.32. The van der Waals surface area contributed by atoms with Crippen molar-refractivity contribution >= 4 is 5.82 Å².